The lowest BCUT2D eigenvalue weighted by molar-refractivity contribution is 0.546. The first-order valence-electron chi connectivity index (χ1n) is 4.52. The van der Waals surface area contributed by atoms with Crippen LogP contribution >= 0.6 is 31.9 Å². The Morgan fingerprint density at radius 3 is 2.29 bits per heavy atom. The Morgan fingerprint density at radius 1 is 1.07 bits per heavy atom. The molecule has 1 aromatic carbocycles. The van der Waals surface area contributed by atoms with Crippen LogP contribution in [0.25, 0.3) is 0 Å². The molecule has 0 unspecified atom stereocenters. The minimum atomic E-state index is 0.551. The average Bonchev–Trinajstić information content (AvgIpc) is 2.11. The molecule has 0 N–H and O–H groups in total. The summed E-state index contributed by atoms with van der Waals surface area (Å²) in [6.07, 6.45) is 5.44. The van der Waals surface area contributed by atoms with Crippen LogP contribution in [0, 0.1) is 0 Å². The molecule has 0 atom stereocenters. The van der Waals surface area contributed by atoms with Crippen molar-refractivity contribution in [3.63, 3.8) is 0 Å². The fourth-order valence-electron chi connectivity index (χ4n) is 1.28. The van der Waals surface area contributed by atoms with Crippen molar-refractivity contribution in [2.24, 2.45) is 0 Å². The van der Waals surface area contributed by atoms with Gasteiger partial charge in [0.15, 0.2) is 6.29 Å². The first-order chi connectivity index (χ1) is 6.72. The number of benzene rings is 1. The Kier molecular flexibility index (Phi) is 5.41. The van der Waals surface area contributed by atoms with Crippen molar-refractivity contribution in [2.45, 2.75) is 25.7 Å². The molecule has 0 amide bonds. The molecular formula is C11H11Br2O. The number of carbonyl (C=O) groups excluding carboxylic acids is 1. The predicted octanol–water partition coefficient (Wildman–Crippen LogP) is 4.03. The van der Waals surface area contributed by atoms with Crippen LogP contribution in [-0.2, 0) is 11.2 Å². The van der Waals surface area contributed by atoms with Crippen LogP contribution in [0.4, 0.5) is 0 Å². The number of unbranched alkanes of at least 4 members (excludes halogenated alkanes) is 2. The highest BCUT2D eigenvalue weighted by molar-refractivity contribution is 9.11. The van der Waals surface area contributed by atoms with Gasteiger partial charge >= 0.3 is 0 Å². The van der Waals surface area contributed by atoms with Gasteiger partial charge in [0.2, 0.25) is 0 Å². The van der Waals surface area contributed by atoms with Crippen molar-refractivity contribution in [3.8, 4) is 0 Å². The minimum Gasteiger partial charge on any atom is -0.291 e. The smallest absolute Gasteiger partial charge is 0.198 e. The van der Waals surface area contributed by atoms with Crippen molar-refractivity contribution < 1.29 is 4.79 Å². The van der Waals surface area contributed by atoms with Gasteiger partial charge in [0, 0.05) is 15.4 Å². The van der Waals surface area contributed by atoms with Crippen LogP contribution in [0.3, 0.4) is 0 Å². The maximum atomic E-state index is 9.98. The SMILES string of the molecule is O=[C]CCCCc1cc(Br)cc(Br)c1. The van der Waals surface area contributed by atoms with E-state index >= 15 is 0 Å². The lowest BCUT2D eigenvalue weighted by Gasteiger charge is -2.02. The molecule has 0 bridgehead atoms. The second kappa shape index (κ2) is 6.36. The fraction of sp³-hybridized carbons (Fsp3) is 0.364. The van der Waals surface area contributed by atoms with E-state index in [1.54, 1.807) is 0 Å². The number of halogens is 2. The molecule has 1 rings (SSSR count). The molecule has 0 aliphatic rings. The highest BCUT2D eigenvalue weighted by Crippen LogP contribution is 2.21. The lowest BCUT2D eigenvalue weighted by atomic mass is 10.1. The quantitative estimate of drug-likeness (QED) is 0.749. The average molecular weight is 319 g/mol. The normalized spacial score (nSPS) is 10.1. The van der Waals surface area contributed by atoms with E-state index in [0.29, 0.717) is 6.42 Å². The van der Waals surface area contributed by atoms with Crippen LogP contribution in [0.15, 0.2) is 27.1 Å². The Morgan fingerprint density at radius 2 is 1.71 bits per heavy atom. The molecule has 0 heterocycles. The number of aryl methyl sites for hydroxylation is 1. The minimum absolute atomic E-state index is 0.551. The fourth-order valence-corrected chi connectivity index (χ4v) is 2.67. The molecule has 0 aliphatic carbocycles. The van der Waals surface area contributed by atoms with Crippen LogP contribution in [0.2, 0.25) is 0 Å². The predicted molar refractivity (Wildman–Crippen MR) is 65.1 cm³/mol. The number of hydrogen-bond acceptors (Lipinski definition) is 1. The molecule has 0 saturated heterocycles. The highest BCUT2D eigenvalue weighted by atomic mass is 79.9. The maximum Gasteiger partial charge on any atom is 0.198 e. The molecule has 0 fully saturated rings. The third kappa shape index (κ3) is 4.38. The van der Waals surface area contributed by atoms with Crippen LogP contribution in [-0.4, -0.2) is 6.29 Å². The molecule has 1 nitrogen and oxygen atoms in total. The van der Waals surface area contributed by atoms with Crippen molar-refractivity contribution in [1.29, 1.82) is 0 Å². The Bertz CT molecular complexity index is 290. The Hall–Kier alpha value is -0.150. The summed E-state index contributed by atoms with van der Waals surface area (Å²) in [5.41, 5.74) is 1.29. The third-order valence-electron chi connectivity index (χ3n) is 1.92. The zero-order chi connectivity index (χ0) is 10.4. The lowest BCUT2D eigenvalue weighted by Crippen LogP contribution is -1.86. The van der Waals surface area contributed by atoms with E-state index in [9.17, 15) is 4.79 Å². The zero-order valence-electron chi connectivity index (χ0n) is 7.72. The van der Waals surface area contributed by atoms with Crippen molar-refractivity contribution in [1.82, 2.24) is 0 Å². The largest absolute Gasteiger partial charge is 0.291 e. The van der Waals surface area contributed by atoms with Gasteiger partial charge < -0.3 is 0 Å². The van der Waals surface area contributed by atoms with Crippen molar-refractivity contribution in [3.05, 3.63) is 32.7 Å². The van der Waals surface area contributed by atoms with E-state index in [1.807, 2.05) is 12.4 Å². The molecule has 1 radical (unpaired) electrons. The third-order valence-corrected chi connectivity index (χ3v) is 2.83. The van der Waals surface area contributed by atoms with Gasteiger partial charge in [-0.15, -0.1) is 0 Å². The molecule has 1 aromatic rings. The van der Waals surface area contributed by atoms with Crippen LogP contribution < -0.4 is 0 Å². The summed E-state index contributed by atoms with van der Waals surface area (Å²) in [6, 6.07) is 6.23. The number of hydrogen-bond donors (Lipinski definition) is 0. The molecule has 0 aliphatic heterocycles. The summed E-state index contributed by atoms with van der Waals surface area (Å²) in [4.78, 5) is 9.98. The van der Waals surface area contributed by atoms with Crippen molar-refractivity contribution >= 4 is 38.1 Å². The summed E-state index contributed by atoms with van der Waals surface area (Å²) in [5, 5.41) is 0. The monoisotopic (exact) mass is 317 g/mol. The van der Waals surface area contributed by atoms with Crippen molar-refractivity contribution in [2.75, 3.05) is 0 Å². The van der Waals surface area contributed by atoms with E-state index in [1.165, 1.54) is 5.56 Å². The zero-order valence-corrected chi connectivity index (χ0v) is 10.9. The summed E-state index contributed by atoms with van der Waals surface area (Å²) in [6.45, 7) is 0. The summed E-state index contributed by atoms with van der Waals surface area (Å²) < 4.78 is 2.17. The molecule has 0 saturated carbocycles. The van der Waals surface area contributed by atoms with E-state index in [4.69, 9.17) is 0 Å². The highest BCUT2D eigenvalue weighted by Gasteiger charge is 1.97. The second-order valence-electron chi connectivity index (χ2n) is 3.13. The van der Waals surface area contributed by atoms with Gasteiger partial charge in [0.25, 0.3) is 0 Å². The van der Waals surface area contributed by atoms with Crippen LogP contribution in [0.5, 0.6) is 0 Å². The molecule has 75 valence electrons. The van der Waals surface area contributed by atoms with Gasteiger partial charge in [-0.05, 0) is 43.0 Å². The van der Waals surface area contributed by atoms with Gasteiger partial charge in [-0.3, -0.25) is 4.79 Å². The van der Waals surface area contributed by atoms with Gasteiger partial charge in [-0.1, -0.05) is 31.9 Å². The maximum absolute atomic E-state index is 9.98. The van der Waals surface area contributed by atoms with E-state index in [-0.39, 0.29) is 0 Å². The molecular weight excluding hydrogens is 308 g/mol. The molecule has 0 aromatic heterocycles. The van der Waals surface area contributed by atoms with E-state index in [2.05, 4.69) is 44.0 Å². The number of rotatable bonds is 5. The van der Waals surface area contributed by atoms with Gasteiger partial charge in [-0.25, -0.2) is 0 Å². The standard InChI is InChI=1S/C11H11Br2O/c12-10-6-9(7-11(13)8-10)4-2-1-3-5-14/h6-8H,1-4H2. The first-order valence-corrected chi connectivity index (χ1v) is 6.11. The van der Waals surface area contributed by atoms with Gasteiger partial charge in [-0.2, -0.15) is 0 Å². The Labute approximate surface area is 101 Å². The first kappa shape index (κ1) is 11.9. The summed E-state index contributed by atoms with van der Waals surface area (Å²) in [5.74, 6) is 0. The summed E-state index contributed by atoms with van der Waals surface area (Å²) in [7, 11) is 0. The molecule has 14 heavy (non-hydrogen) atoms. The Balaban J connectivity index is 2.46. The van der Waals surface area contributed by atoms with Crippen LogP contribution in [0.1, 0.15) is 24.8 Å². The molecule has 3 heteroatoms. The van der Waals surface area contributed by atoms with Gasteiger partial charge in [0.1, 0.15) is 0 Å². The van der Waals surface area contributed by atoms with E-state index in [0.717, 1.165) is 28.2 Å². The van der Waals surface area contributed by atoms with Gasteiger partial charge in [0.05, 0.1) is 0 Å². The van der Waals surface area contributed by atoms with E-state index < -0.39 is 0 Å². The molecule has 0 spiro atoms. The summed E-state index contributed by atoms with van der Waals surface area (Å²) >= 11 is 6.89. The topological polar surface area (TPSA) is 17.1 Å². The second-order valence-corrected chi connectivity index (χ2v) is 4.96.